The van der Waals surface area contributed by atoms with Gasteiger partial charge in [0.1, 0.15) is 0 Å². The Labute approximate surface area is 187 Å². The first kappa shape index (κ1) is 22.7. The predicted molar refractivity (Wildman–Crippen MR) is 117 cm³/mol. The average Bonchev–Trinajstić information content (AvgIpc) is 3.17. The van der Waals surface area contributed by atoms with Crippen LogP contribution in [0.15, 0.2) is 46.8 Å². The van der Waals surface area contributed by atoms with Crippen molar-refractivity contribution in [3.05, 3.63) is 64.2 Å². The fourth-order valence-electron chi connectivity index (χ4n) is 2.48. The lowest BCUT2D eigenvalue weighted by Gasteiger charge is -2.08. The van der Waals surface area contributed by atoms with Gasteiger partial charge in [-0.05, 0) is 44.2 Å². The van der Waals surface area contributed by atoms with Gasteiger partial charge in [-0.3, -0.25) is 14.8 Å². The lowest BCUT2D eigenvalue weighted by Crippen LogP contribution is -2.13. The number of aromatic nitrogens is 2. The number of carbonyl (C=O) groups is 2. The number of halogens is 1. The highest BCUT2D eigenvalue weighted by atomic mass is 35.5. The molecule has 162 valence electrons. The minimum Gasteiger partial charge on any atom is -0.462 e. The maximum absolute atomic E-state index is 12.6. The highest BCUT2D eigenvalue weighted by Gasteiger charge is 2.22. The zero-order valence-corrected chi connectivity index (χ0v) is 18.8. The Kier molecular flexibility index (Phi) is 6.88. The number of hydrogen-bond donors (Lipinski definition) is 2. The van der Waals surface area contributed by atoms with Gasteiger partial charge in [0.05, 0.1) is 22.9 Å². The van der Waals surface area contributed by atoms with E-state index in [0.29, 0.717) is 16.9 Å². The number of anilines is 2. The van der Waals surface area contributed by atoms with Crippen molar-refractivity contribution in [2.75, 3.05) is 16.6 Å². The summed E-state index contributed by atoms with van der Waals surface area (Å²) >= 11 is 6.75. The van der Waals surface area contributed by atoms with Crippen molar-refractivity contribution >= 4 is 55.7 Å². The number of rotatable bonds is 7. The predicted octanol–water partition coefficient (Wildman–Crippen LogP) is 3.73. The molecular formula is C19H17ClN4O5S2. The van der Waals surface area contributed by atoms with Crippen molar-refractivity contribution in [2.45, 2.75) is 18.2 Å². The molecule has 12 heteroatoms. The van der Waals surface area contributed by atoms with Crippen LogP contribution in [0.2, 0.25) is 5.02 Å². The molecule has 0 unspecified atom stereocenters. The third kappa shape index (κ3) is 5.57. The first-order valence-electron chi connectivity index (χ1n) is 8.90. The zero-order valence-electron chi connectivity index (χ0n) is 16.4. The summed E-state index contributed by atoms with van der Waals surface area (Å²) in [5.41, 5.74) is 1.56. The van der Waals surface area contributed by atoms with Gasteiger partial charge >= 0.3 is 5.97 Å². The summed E-state index contributed by atoms with van der Waals surface area (Å²) in [4.78, 5) is 24.1. The molecule has 2 aromatic carbocycles. The Morgan fingerprint density at radius 1 is 1.16 bits per heavy atom. The molecule has 1 amide bonds. The van der Waals surface area contributed by atoms with Gasteiger partial charge < -0.3 is 4.74 Å². The number of aryl methyl sites for hydroxylation is 1. The molecule has 0 bridgehead atoms. The molecular weight excluding hydrogens is 464 g/mol. The maximum Gasteiger partial charge on any atom is 0.339 e. The van der Waals surface area contributed by atoms with E-state index in [-0.39, 0.29) is 32.4 Å². The van der Waals surface area contributed by atoms with E-state index in [1.165, 1.54) is 18.2 Å². The molecule has 3 aromatic rings. The summed E-state index contributed by atoms with van der Waals surface area (Å²) in [6.07, 6.45) is 0. The van der Waals surface area contributed by atoms with Crippen LogP contribution in [0.1, 0.15) is 33.2 Å². The van der Waals surface area contributed by atoms with Crippen LogP contribution in [0.3, 0.4) is 0 Å². The van der Waals surface area contributed by atoms with E-state index in [2.05, 4.69) is 20.2 Å². The largest absolute Gasteiger partial charge is 0.462 e. The number of carbonyl (C=O) groups excluding carboxylic acids is 2. The normalized spacial score (nSPS) is 11.1. The molecule has 31 heavy (non-hydrogen) atoms. The van der Waals surface area contributed by atoms with E-state index in [0.717, 1.165) is 5.56 Å². The average molecular weight is 481 g/mol. The lowest BCUT2D eigenvalue weighted by molar-refractivity contribution is 0.0526. The van der Waals surface area contributed by atoms with Gasteiger partial charge in [0.15, 0.2) is 0 Å². The standard InChI is InChI=1S/C19H17ClN4O5S2/c1-3-29-17(26)14-8-7-13(10-15(14)20)24-31(27,28)19-23-22-18(30-19)21-16(25)12-6-4-5-11(2)9-12/h4-10,24H,3H2,1-2H3,(H,21,22,25). The van der Waals surface area contributed by atoms with Gasteiger partial charge in [0.25, 0.3) is 20.3 Å². The van der Waals surface area contributed by atoms with Gasteiger partial charge in [0, 0.05) is 5.56 Å². The van der Waals surface area contributed by atoms with E-state index in [1.54, 1.807) is 25.1 Å². The van der Waals surface area contributed by atoms with E-state index in [1.807, 2.05) is 13.0 Å². The molecule has 3 rings (SSSR count). The molecule has 0 radical (unpaired) electrons. The fourth-order valence-corrected chi connectivity index (χ4v) is 4.68. The number of sulfonamides is 1. The minimum atomic E-state index is -4.09. The monoisotopic (exact) mass is 480 g/mol. The first-order valence-corrected chi connectivity index (χ1v) is 11.6. The number of benzene rings is 2. The number of nitrogens with zero attached hydrogens (tertiary/aromatic N) is 2. The molecule has 0 spiro atoms. The number of nitrogens with one attached hydrogen (secondary N) is 2. The Balaban J connectivity index is 1.73. The minimum absolute atomic E-state index is 0.0296. The van der Waals surface area contributed by atoms with Crippen LogP contribution in [0.5, 0.6) is 0 Å². The molecule has 2 N–H and O–H groups in total. The van der Waals surface area contributed by atoms with E-state index < -0.39 is 21.9 Å². The van der Waals surface area contributed by atoms with Crippen LogP contribution in [0.25, 0.3) is 0 Å². The highest BCUT2D eigenvalue weighted by Crippen LogP contribution is 2.26. The molecule has 0 aliphatic carbocycles. The fraction of sp³-hybridized carbons (Fsp3) is 0.158. The SMILES string of the molecule is CCOC(=O)c1ccc(NS(=O)(=O)c2nnc(NC(=O)c3cccc(C)c3)s2)cc1Cl. The van der Waals surface area contributed by atoms with Crippen molar-refractivity contribution in [2.24, 2.45) is 0 Å². The first-order chi connectivity index (χ1) is 14.7. The van der Waals surface area contributed by atoms with Crippen LogP contribution in [0, 0.1) is 6.92 Å². The Bertz CT molecular complexity index is 1240. The summed E-state index contributed by atoms with van der Waals surface area (Å²) in [6, 6.07) is 10.9. The molecule has 0 fully saturated rings. The summed E-state index contributed by atoms with van der Waals surface area (Å²) in [6.45, 7) is 3.70. The van der Waals surface area contributed by atoms with Crippen molar-refractivity contribution < 1.29 is 22.7 Å². The summed E-state index contributed by atoms with van der Waals surface area (Å²) in [5.74, 6) is -1.04. The summed E-state index contributed by atoms with van der Waals surface area (Å²) < 4.78 is 32.0. The van der Waals surface area contributed by atoms with E-state index >= 15 is 0 Å². The van der Waals surface area contributed by atoms with Crippen molar-refractivity contribution in [1.29, 1.82) is 0 Å². The Hall–Kier alpha value is -3.02. The van der Waals surface area contributed by atoms with Crippen molar-refractivity contribution in [1.82, 2.24) is 10.2 Å². The highest BCUT2D eigenvalue weighted by molar-refractivity contribution is 7.94. The van der Waals surface area contributed by atoms with Crippen molar-refractivity contribution in [3.8, 4) is 0 Å². The van der Waals surface area contributed by atoms with E-state index in [4.69, 9.17) is 16.3 Å². The molecule has 0 aliphatic heterocycles. The van der Waals surface area contributed by atoms with Crippen LogP contribution in [-0.2, 0) is 14.8 Å². The van der Waals surface area contributed by atoms with Crippen LogP contribution in [-0.4, -0.2) is 37.1 Å². The van der Waals surface area contributed by atoms with Gasteiger partial charge in [-0.25, -0.2) is 4.79 Å². The Morgan fingerprint density at radius 3 is 2.61 bits per heavy atom. The van der Waals surface area contributed by atoms with Gasteiger partial charge in [-0.2, -0.15) is 8.42 Å². The third-order valence-corrected chi connectivity index (χ3v) is 6.75. The molecule has 0 aliphatic rings. The van der Waals surface area contributed by atoms with Crippen LogP contribution in [0.4, 0.5) is 10.8 Å². The van der Waals surface area contributed by atoms with Crippen LogP contribution < -0.4 is 10.0 Å². The summed E-state index contributed by atoms with van der Waals surface area (Å²) in [7, 11) is -4.09. The number of hydrogen-bond acceptors (Lipinski definition) is 8. The Morgan fingerprint density at radius 2 is 1.94 bits per heavy atom. The molecule has 0 atom stereocenters. The maximum atomic E-state index is 12.6. The third-order valence-electron chi connectivity index (χ3n) is 3.85. The lowest BCUT2D eigenvalue weighted by atomic mass is 10.1. The molecule has 1 heterocycles. The van der Waals surface area contributed by atoms with Gasteiger partial charge in [0.2, 0.25) is 5.13 Å². The summed E-state index contributed by atoms with van der Waals surface area (Å²) in [5, 5.41) is 9.94. The van der Waals surface area contributed by atoms with Crippen molar-refractivity contribution in [3.63, 3.8) is 0 Å². The van der Waals surface area contributed by atoms with Crippen LogP contribution >= 0.6 is 22.9 Å². The number of amides is 1. The smallest absolute Gasteiger partial charge is 0.339 e. The van der Waals surface area contributed by atoms with Gasteiger partial charge in [-0.1, -0.05) is 40.6 Å². The molecule has 9 nitrogen and oxygen atoms in total. The number of esters is 1. The second-order valence-electron chi connectivity index (χ2n) is 6.22. The van der Waals surface area contributed by atoms with E-state index in [9.17, 15) is 18.0 Å². The zero-order chi connectivity index (χ0) is 22.6. The van der Waals surface area contributed by atoms with Gasteiger partial charge in [-0.15, -0.1) is 10.2 Å². The molecule has 0 saturated heterocycles. The second-order valence-corrected chi connectivity index (χ2v) is 9.46. The number of ether oxygens (including phenoxy) is 1. The second kappa shape index (κ2) is 9.41. The molecule has 0 saturated carbocycles. The quantitative estimate of drug-likeness (QED) is 0.389. The topological polar surface area (TPSA) is 127 Å². The molecule has 1 aromatic heterocycles.